The first-order chi connectivity index (χ1) is 11.3. The first-order valence-corrected chi connectivity index (χ1v) is 7.68. The van der Waals surface area contributed by atoms with Crippen molar-refractivity contribution >= 4 is 5.69 Å². The first-order valence-electron chi connectivity index (χ1n) is 7.68. The van der Waals surface area contributed by atoms with Gasteiger partial charge < -0.3 is 4.90 Å². The number of para-hydroxylation sites is 1. The Bertz CT molecular complexity index is 789. The lowest BCUT2D eigenvalue weighted by molar-refractivity contribution is 0.800. The largest absolute Gasteiger partial charge is 0.363 e. The highest BCUT2D eigenvalue weighted by Crippen LogP contribution is 2.20. The van der Waals surface area contributed by atoms with Crippen LogP contribution in [0.5, 0.6) is 0 Å². The predicted molar refractivity (Wildman–Crippen MR) is 93.9 cm³/mol. The van der Waals surface area contributed by atoms with E-state index in [1.54, 1.807) is 0 Å². The molecule has 112 valence electrons. The Labute approximate surface area is 137 Å². The molecule has 0 N–H and O–H groups in total. The molecule has 3 aromatic rings. The summed E-state index contributed by atoms with van der Waals surface area (Å²) in [5.74, 6) is 0. The summed E-state index contributed by atoms with van der Waals surface area (Å²) in [7, 11) is 0. The Morgan fingerprint density at radius 3 is 2.00 bits per heavy atom. The van der Waals surface area contributed by atoms with Crippen LogP contribution in [0.25, 0.3) is 0 Å². The van der Waals surface area contributed by atoms with Crippen molar-refractivity contribution in [3.63, 3.8) is 0 Å². The topological polar surface area (TPSA) is 27.0 Å². The maximum absolute atomic E-state index is 9.08. The van der Waals surface area contributed by atoms with Gasteiger partial charge in [0.25, 0.3) is 0 Å². The molecule has 2 nitrogen and oxygen atoms in total. The van der Waals surface area contributed by atoms with E-state index in [9.17, 15) is 0 Å². The van der Waals surface area contributed by atoms with Crippen LogP contribution in [0, 0.1) is 11.3 Å². The fourth-order valence-corrected chi connectivity index (χ4v) is 2.64. The van der Waals surface area contributed by atoms with Crippen molar-refractivity contribution in [2.45, 2.75) is 13.1 Å². The molecule has 0 heterocycles. The molecule has 0 aliphatic heterocycles. The molecule has 0 fully saturated rings. The van der Waals surface area contributed by atoms with Crippen LogP contribution in [0.15, 0.2) is 84.9 Å². The normalized spacial score (nSPS) is 10.0. The van der Waals surface area contributed by atoms with Crippen LogP contribution in [0.3, 0.4) is 0 Å². The summed E-state index contributed by atoms with van der Waals surface area (Å²) < 4.78 is 0. The zero-order chi connectivity index (χ0) is 15.9. The molecule has 0 spiro atoms. The smallest absolute Gasteiger partial charge is 0.0991 e. The summed E-state index contributed by atoms with van der Waals surface area (Å²) in [5, 5.41) is 9.08. The average molecular weight is 298 g/mol. The third kappa shape index (κ3) is 3.99. The van der Waals surface area contributed by atoms with Gasteiger partial charge in [0.2, 0.25) is 0 Å². The monoisotopic (exact) mass is 298 g/mol. The maximum atomic E-state index is 9.08. The van der Waals surface area contributed by atoms with Crippen molar-refractivity contribution in [3.05, 3.63) is 102 Å². The van der Waals surface area contributed by atoms with Gasteiger partial charge in [-0.15, -0.1) is 0 Å². The molecule has 0 saturated heterocycles. The molecule has 0 radical (unpaired) electrons. The molecule has 3 aromatic carbocycles. The van der Waals surface area contributed by atoms with Crippen LogP contribution in [0.4, 0.5) is 5.69 Å². The van der Waals surface area contributed by atoms with E-state index in [0.29, 0.717) is 5.56 Å². The summed E-state index contributed by atoms with van der Waals surface area (Å²) in [6.45, 7) is 1.61. The molecule has 0 aliphatic rings. The standard InChI is InChI=1S/C21H18N2/c22-15-19-10-7-11-20(14-19)17-23(21-12-5-2-6-13-21)16-18-8-3-1-4-9-18/h1-14H,16-17H2. The van der Waals surface area contributed by atoms with Gasteiger partial charge in [-0.3, -0.25) is 0 Å². The summed E-state index contributed by atoms with van der Waals surface area (Å²) in [6.07, 6.45) is 0. The Balaban J connectivity index is 1.87. The van der Waals surface area contributed by atoms with Crippen molar-refractivity contribution in [1.82, 2.24) is 0 Å². The summed E-state index contributed by atoms with van der Waals surface area (Å²) >= 11 is 0. The van der Waals surface area contributed by atoms with E-state index in [1.165, 1.54) is 11.3 Å². The SMILES string of the molecule is N#Cc1cccc(CN(Cc2ccccc2)c2ccccc2)c1. The van der Waals surface area contributed by atoms with Crippen LogP contribution in [-0.4, -0.2) is 0 Å². The number of benzene rings is 3. The molecular formula is C21H18N2. The van der Waals surface area contributed by atoms with Gasteiger partial charge in [0.1, 0.15) is 0 Å². The lowest BCUT2D eigenvalue weighted by Gasteiger charge is -2.25. The molecule has 0 aromatic heterocycles. The molecule has 23 heavy (non-hydrogen) atoms. The van der Waals surface area contributed by atoms with Gasteiger partial charge in [-0.25, -0.2) is 0 Å². The molecule has 0 bridgehead atoms. The van der Waals surface area contributed by atoms with Gasteiger partial charge >= 0.3 is 0 Å². The zero-order valence-corrected chi connectivity index (χ0v) is 12.9. The van der Waals surface area contributed by atoms with Gasteiger partial charge in [-0.05, 0) is 35.4 Å². The van der Waals surface area contributed by atoms with Crippen LogP contribution >= 0.6 is 0 Å². The van der Waals surface area contributed by atoms with Crippen molar-refractivity contribution in [1.29, 1.82) is 5.26 Å². The fourth-order valence-electron chi connectivity index (χ4n) is 2.64. The van der Waals surface area contributed by atoms with Crippen molar-refractivity contribution in [2.75, 3.05) is 4.90 Å². The number of nitrogens with zero attached hydrogens (tertiary/aromatic N) is 2. The second-order valence-electron chi connectivity index (χ2n) is 5.49. The van der Waals surface area contributed by atoms with Crippen molar-refractivity contribution < 1.29 is 0 Å². The van der Waals surface area contributed by atoms with Crippen LogP contribution in [-0.2, 0) is 13.1 Å². The van der Waals surface area contributed by atoms with E-state index in [4.69, 9.17) is 5.26 Å². The minimum atomic E-state index is 0.704. The first kappa shape index (κ1) is 14.9. The number of nitriles is 1. The number of hydrogen-bond acceptors (Lipinski definition) is 2. The Morgan fingerprint density at radius 2 is 1.30 bits per heavy atom. The zero-order valence-electron chi connectivity index (χ0n) is 12.9. The molecule has 0 aliphatic carbocycles. The minimum absolute atomic E-state index is 0.704. The second-order valence-corrected chi connectivity index (χ2v) is 5.49. The third-order valence-electron chi connectivity index (χ3n) is 3.77. The molecule has 0 amide bonds. The van der Waals surface area contributed by atoms with Crippen LogP contribution in [0.1, 0.15) is 16.7 Å². The van der Waals surface area contributed by atoms with E-state index in [0.717, 1.165) is 18.7 Å². The maximum Gasteiger partial charge on any atom is 0.0991 e. The number of hydrogen-bond donors (Lipinski definition) is 0. The molecule has 2 heteroatoms. The highest BCUT2D eigenvalue weighted by Gasteiger charge is 2.08. The second kappa shape index (κ2) is 7.29. The third-order valence-corrected chi connectivity index (χ3v) is 3.77. The fraction of sp³-hybridized carbons (Fsp3) is 0.0952. The van der Waals surface area contributed by atoms with Gasteiger partial charge in [0, 0.05) is 18.8 Å². The van der Waals surface area contributed by atoms with Crippen LogP contribution in [0.2, 0.25) is 0 Å². The number of rotatable bonds is 5. The Kier molecular flexibility index (Phi) is 4.71. The minimum Gasteiger partial charge on any atom is -0.363 e. The Morgan fingerprint density at radius 1 is 0.696 bits per heavy atom. The summed E-state index contributed by atoms with van der Waals surface area (Å²) in [4.78, 5) is 2.33. The molecule has 0 saturated carbocycles. The van der Waals surface area contributed by atoms with Crippen LogP contribution < -0.4 is 4.90 Å². The van der Waals surface area contributed by atoms with E-state index < -0.39 is 0 Å². The predicted octanol–water partition coefficient (Wildman–Crippen LogP) is 4.77. The quantitative estimate of drug-likeness (QED) is 0.678. The molecule has 0 atom stereocenters. The van der Waals surface area contributed by atoms with Crippen molar-refractivity contribution in [2.24, 2.45) is 0 Å². The van der Waals surface area contributed by atoms with Gasteiger partial charge in [-0.1, -0.05) is 60.7 Å². The van der Waals surface area contributed by atoms with Gasteiger partial charge in [0.15, 0.2) is 0 Å². The number of anilines is 1. The van der Waals surface area contributed by atoms with E-state index >= 15 is 0 Å². The highest BCUT2D eigenvalue weighted by atomic mass is 15.1. The molecular weight excluding hydrogens is 280 g/mol. The van der Waals surface area contributed by atoms with Crippen molar-refractivity contribution in [3.8, 4) is 6.07 Å². The van der Waals surface area contributed by atoms with Gasteiger partial charge in [0.05, 0.1) is 11.6 Å². The summed E-state index contributed by atoms with van der Waals surface area (Å²) in [6, 6.07) is 30.9. The highest BCUT2D eigenvalue weighted by molar-refractivity contribution is 5.48. The average Bonchev–Trinajstić information content (AvgIpc) is 2.63. The lowest BCUT2D eigenvalue weighted by atomic mass is 10.1. The lowest BCUT2D eigenvalue weighted by Crippen LogP contribution is -2.22. The molecule has 0 unspecified atom stereocenters. The Hall–Kier alpha value is -3.05. The van der Waals surface area contributed by atoms with E-state index in [2.05, 4.69) is 65.6 Å². The summed E-state index contributed by atoms with van der Waals surface area (Å²) in [5.41, 5.74) is 4.30. The van der Waals surface area contributed by atoms with Gasteiger partial charge in [-0.2, -0.15) is 5.26 Å². The molecule has 3 rings (SSSR count). The van der Waals surface area contributed by atoms with E-state index in [-0.39, 0.29) is 0 Å². The van der Waals surface area contributed by atoms with E-state index in [1.807, 2.05) is 30.3 Å².